The van der Waals surface area contributed by atoms with Crippen LogP contribution in [0.15, 0.2) is 40.8 Å². The van der Waals surface area contributed by atoms with Crippen molar-refractivity contribution in [2.24, 2.45) is 5.92 Å². The summed E-state index contributed by atoms with van der Waals surface area (Å²) in [5.74, 6) is -0.413. The van der Waals surface area contributed by atoms with Gasteiger partial charge in [-0.1, -0.05) is 12.1 Å². The monoisotopic (exact) mass is 345 g/mol. The van der Waals surface area contributed by atoms with Gasteiger partial charge in [-0.05, 0) is 37.1 Å². The Morgan fingerprint density at radius 1 is 1.16 bits per heavy atom. The third kappa shape index (κ3) is 4.07. The highest BCUT2D eigenvalue weighted by atomic mass is 19.1. The second-order valence-electron chi connectivity index (χ2n) is 6.24. The Bertz CT molecular complexity index is 762. The number of amides is 1. The summed E-state index contributed by atoms with van der Waals surface area (Å²) in [5.41, 5.74) is 0.399. The van der Waals surface area contributed by atoms with E-state index in [0.717, 1.165) is 0 Å². The molecular formula is C19H20FNO4. The molecule has 1 saturated heterocycles. The molecule has 0 unspecified atom stereocenters. The summed E-state index contributed by atoms with van der Waals surface area (Å²) in [6.45, 7) is 0.961. The number of rotatable bonds is 5. The van der Waals surface area contributed by atoms with E-state index < -0.39 is 5.97 Å². The van der Waals surface area contributed by atoms with Crippen LogP contribution in [0.3, 0.4) is 0 Å². The number of likely N-dealkylation sites (tertiary alicyclic amines) is 1. The fourth-order valence-corrected chi connectivity index (χ4v) is 3.08. The standard InChI is InChI=1S/C19H20FNO4/c20-16-4-2-1-3-15(16)17-7-5-14(25-17)6-8-18(22)21-11-9-13(10-12-21)19(23)24/h1-5,7,13H,6,8-12H2,(H,23,24). The first-order valence-corrected chi connectivity index (χ1v) is 8.39. The van der Waals surface area contributed by atoms with E-state index in [-0.39, 0.29) is 17.6 Å². The van der Waals surface area contributed by atoms with Crippen LogP contribution >= 0.6 is 0 Å². The number of halogens is 1. The average molecular weight is 345 g/mol. The smallest absolute Gasteiger partial charge is 0.306 e. The van der Waals surface area contributed by atoms with Crippen LogP contribution in [0.25, 0.3) is 11.3 Å². The van der Waals surface area contributed by atoms with Gasteiger partial charge in [0.2, 0.25) is 5.91 Å². The second-order valence-corrected chi connectivity index (χ2v) is 6.24. The molecule has 0 bridgehead atoms. The van der Waals surface area contributed by atoms with Gasteiger partial charge in [-0.3, -0.25) is 9.59 Å². The number of aliphatic carboxylic acids is 1. The number of carboxylic acids is 1. The predicted octanol–water partition coefficient (Wildman–Crippen LogP) is 3.34. The molecule has 0 spiro atoms. The molecule has 25 heavy (non-hydrogen) atoms. The molecule has 1 aliphatic rings. The Morgan fingerprint density at radius 2 is 1.88 bits per heavy atom. The fourth-order valence-electron chi connectivity index (χ4n) is 3.08. The van der Waals surface area contributed by atoms with Gasteiger partial charge in [-0.25, -0.2) is 4.39 Å². The van der Waals surface area contributed by atoms with Gasteiger partial charge >= 0.3 is 5.97 Å². The van der Waals surface area contributed by atoms with Crippen LogP contribution in [0.2, 0.25) is 0 Å². The summed E-state index contributed by atoms with van der Waals surface area (Å²) in [6, 6.07) is 9.85. The molecule has 0 atom stereocenters. The van der Waals surface area contributed by atoms with E-state index in [0.29, 0.717) is 55.9 Å². The Kier molecular flexibility index (Phi) is 5.16. The maximum Gasteiger partial charge on any atom is 0.306 e. The molecule has 0 radical (unpaired) electrons. The van der Waals surface area contributed by atoms with Gasteiger partial charge in [0.1, 0.15) is 17.3 Å². The number of aryl methyl sites for hydroxylation is 1. The second kappa shape index (κ2) is 7.51. The van der Waals surface area contributed by atoms with Gasteiger partial charge in [-0.2, -0.15) is 0 Å². The molecule has 1 aromatic heterocycles. The van der Waals surface area contributed by atoms with Gasteiger partial charge in [0.05, 0.1) is 11.5 Å². The normalized spacial score (nSPS) is 15.3. The van der Waals surface area contributed by atoms with Crippen LogP contribution in [-0.4, -0.2) is 35.0 Å². The van der Waals surface area contributed by atoms with E-state index in [1.165, 1.54) is 6.07 Å². The number of carboxylic acid groups (broad SMARTS) is 1. The minimum Gasteiger partial charge on any atom is -0.481 e. The lowest BCUT2D eigenvalue weighted by Crippen LogP contribution is -2.40. The van der Waals surface area contributed by atoms with Crippen molar-refractivity contribution < 1.29 is 23.5 Å². The largest absolute Gasteiger partial charge is 0.481 e. The van der Waals surface area contributed by atoms with Crippen molar-refractivity contribution in [2.45, 2.75) is 25.7 Å². The van der Waals surface area contributed by atoms with Crippen LogP contribution in [0, 0.1) is 11.7 Å². The van der Waals surface area contributed by atoms with Crippen molar-refractivity contribution in [1.82, 2.24) is 4.90 Å². The van der Waals surface area contributed by atoms with E-state index >= 15 is 0 Å². The van der Waals surface area contributed by atoms with Gasteiger partial charge in [-0.15, -0.1) is 0 Å². The van der Waals surface area contributed by atoms with Crippen LogP contribution in [-0.2, 0) is 16.0 Å². The van der Waals surface area contributed by atoms with Crippen molar-refractivity contribution in [2.75, 3.05) is 13.1 Å². The van der Waals surface area contributed by atoms with E-state index in [4.69, 9.17) is 9.52 Å². The predicted molar refractivity (Wildman–Crippen MR) is 89.4 cm³/mol. The SMILES string of the molecule is O=C(O)C1CCN(C(=O)CCc2ccc(-c3ccccc3F)o2)CC1. The molecule has 0 aliphatic carbocycles. The van der Waals surface area contributed by atoms with Gasteiger partial charge in [0.25, 0.3) is 0 Å². The molecule has 1 N–H and O–H groups in total. The highest BCUT2D eigenvalue weighted by Crippen LogP contribution is 2.25. The Labute approximate surface area is 145 Å². The molecule has 1 amide bonds. The molecule has 6 heteroatoms. The number of carbonyl (C=O) groups is 2. The first-order valence-electron chi connectivity index (χ1n) is 8.39. The summed E-state index contributed by atoms with van der Waals surface area (Å²) in [4.78, 5) is 24.9. The number of carbonyl (C=O) groups excluding carboxylic acids is 1. The van der Waals surface area contributed by atoms with Gasteiger partial charge < -0.3 is 14.4 Å². The maximum atomic E-state index is 13.8. The summed E-state index contributed by atoms with van der Waals surface area (Å²) in [6.07, 6.45) is 1.73. The van der Waals surface area contributed by atoms with Crippen LogP contribution in [0.5, 0.6) is 0 Å². The van der Waals surface area contributed by atoms with Crippen LogP contribution in [0.4, 0.5) is 4.39 Å². The van der Waals surface area contributed by atoms with Crippen molar-refractivity contribution in [3.8, 4) is 11.3 Å². The van der Waals surface area contributed by atoms with Crippen LogP contribution < -0.4 is 0 Å². The molecule has 2 heterocycles. The Morgan fingerprint density at radius 3 is 2.56 bits per heavy atom. The number of piperidine rings is 1. The highest BCUT2D eigenvalue weighted by molar-refractivity contribution is 5.77. The fraction of sp³-hybridized carbons (Fsp3) is 0.368. The van der Waals surface area contributed by atoms with E-state index in [1.54, 1.807) is 35.2 Å². The average Bonchev–Trinajstić information content (AvgIpc) is 3.09. The number of nitrogens with zero attached hydrogens (tertiary/aromatic N) is 1. The number of furan rings is 1. The molecule has 0 saturated carbocycles. The highest BCUT2D eigenvalue weighted by Gasteiger charge is 2.26. The number of hydrogen-bond acceptors (Lipinski definition) is 3. The zero-order valence-electron chi connectivity index (χ0n) is 13.8. The maximum absolute atomic E-state index is 13.8. The molecule has 5 nitrogen and oxygen atoms in total. The minimum atomic E-state index is -0.789. The van der Waals surface area contributed by atoms with Crippen LogP contribution in [0.1, 0.15) is 25.0 Å². The van der Waals surface area contributed by atoms with E-state index in [1.807, 2.05) is 0 Å². The molecular weight excluding hydrogens is 325 g/mol. The molecule has 1 aliphatic heterocycles. The van der Waals surface area contributed by atoms with Gasteiger partial charge in [0.15, 0.2) is 0 Å². The topological polar surface area (TPSA) is 70.8 Å². The lowest BCUT2D eigenvalue weighted by molar-refractivity contribution is -0.145. The number of hydrogen-bond donors (Lipinski definition) is 1. The first-order chi connectivity index (χ1) is 12.0. The Hall–Kier alpha value is -2.63. The molecule has 2 aromatic rings. The third-order valence-electron chi connectivity index (χ3n) is 4.58. The lowest BCUT2D eigenvalue weighted by atomic mass is 9.97. The summed E-state index contributed by atoms with van der Waals surface area (Å²) < 4.78 is 19.4. The summed E-state index contributed by atoms with van der Waals surface area (Å²) in [5, 5.41) is 8.99. The van der Waals surface area contributed by atoms with Crippen molar-refractivity contribution in [1.29, 1.82) is 0 Å². The van der Waals surface area contributed by atoms with Gasteiger partial charge in [0, 0.05) is 25.9 Å². The summed E-state index contributed by atoms with van der Waals surface area (Å²) >= 11 is 0. The first kappa shape index (κ1) is 17.2. The zero-order chi connectivity index (χ0) is 17.8. The van der Waals surface area contributed by atoms with Crippen molar-refractivity contribution >= 4 is 11.9 Å². The Balaban J connectivity index is 1.53. The van der Waals surface area contributed by atoms with E-state index in [9.17, 15) is 14.0 Å². The molecule has 1 fully saturated rings. The van der Waals surface area contributed by atoms with Crippen molar-refractivity contribution in [3.05, 3.63) is 48.0 Å². The third-order valence-corrected chi connectivity index (χ3v) is 4.58. The quantitative estimate of drug-likeness (QED) is 0.902. The zero-order valence-corrected chi connectivity index (χ0v) is 13.8. The summed E-state index contributed by atoms with van der Waals surface area (Å²) in [7, 11) is 0. The number of benzene rings is 1. The molecule has 1 aromatic carbocycles. The molecule has 132 valence electrons. The van der Waals surface area contributed by atoms with E-state index in [2.05, 4.69) is 0 Å². The lowest BCUT2D eigenvalue weighted by Gasteiger charge is -2.30. The van der Waals surface area contributed by atoms with Crippen molar-refractivity contribution in [3.63, 3.8) is 0 Å². The minimum absolute atomic E-state index is 0.00678. The molecule has 3 rings (SSSR count).